The molecule has 0 spiro atoms. The number of nitrogens with zero attached hydrogens (tertiary/aromatic N) is 1. The number of halogens is 4. The third-order valence-electron chi connectivity index (χ3n) is 3.43. The molecular weight excluding hydrogens is 398 g/mol. The van der Waals surface area contributed by atoms with Crippen LogP contribution in [0.15, 0.2) is 29.3 Å². The third-order valence-corrected chi connectivity index (χ3v) is 4.43. The molecule has 0 unspecified atom stereocenters. The second kappa shape index (κ2) is 9.93. The lowest BCUT2D eigenvalue weighted by molar-refractivity contribution is 0.171. The molecule has 1 fully saturated rings. The van der Waals surface area contributed by atoms with E-state index in [2.05, 4.69) is 32.7 Å². The SMILES string of the molecule is C=CC[C@H](c1c(Br)ccc(Cl)c1O)N1CCNCC1.Cl.Cl. The van der Waals surface area contributed by atoms with E-state index in [1.54, 1.807) is 6.07 Å². The van der Waals surface area contributed by atoms with Gasteiger partial charge in [-0.05, 0) is 18.6 Å². The van der Waals surface area contributed by atoms with Crippen LogP contribution in [0.2, 0.25) is 5.02 Å². The van der Waals surface area contributed by atoms with Crippen molar-refractivity contribution in [2.75, 3.05) is 26.2 Å². The molecule has 0 amide bonds. The van der Waals surface area contributed by atoms with Crippen molar-refractivity contribution in [2.45, 2.75) is 12.5 Å². The Bertz CT molecular complexity index is 468. The lowest BCUT2D eigenvalue weighted by Gasteiger charge is -2.35. The first kappa shape index (κ1) is 21.0. The third kappa shape index (κ3) is 5.02. The topological polar surface area (TPSA) is 35.5 Å². The average Bonchev–Trinajstić information content (AvgIpc) is 2.43. The molecule has 0 radical (unpaired) electrons. The normalized spacial score (nSPS) is 16.5. The molecule has 0 saturated carbocycles. The molecular formula is C14H20BrCl3N2O. The van der Waals surface area contributed by atoms with E-state index in [0.29, 0.717) is 5.02 Å². The van der Waals surface area contributed by atoms with Gasteiger partial charge in [-0.15, -0.1) is 31.4 Å². The zero-order valence-electron chi connectivity index (χ0n) is 11.5. The van der Waals surface area contributed by atoms with Gasteiger partial charge in [0.2, 0.25) is 0 Å². The number of piperazine rings is 1. The molecule has 1 aliphatic rings. The summed E-state index contributed by atoms with van der Waals surface area (Å²) in [7, 11) is 0. The standard InChI is InChI=1S/C14H18BrClN2O.2ClH/c1-2-3-12(18-8-6-17-7-9-18)13-10(15)4-5-11(16)14(13)19;;/h2,4-5,12,17,19H,1,3,6-9H2;2*1H/t12-;;/m1../s1. The van der Waals surface area contributed by atoms with Crippen molar-refractivity contribution in [3.05, 3.63) is 39.8 Å². The van der Waals surface area contributed by atoms with E-state index in [0.717, 1.165) is 42.6 Å². The summed E-state index contributed by atoms with van der Waals surface area (Å²) in [6.07, 6.45) is 2.67. The molecule has 2 rings (SSSR count). The largest absolute Gasteiger partial charge is 0.506 e. The van der Waals surface area contributed by atoms with Gasteiger partial charge in [-0.25, -0.2) is 0 Å². The molecule has 0 bridgehead atoms. The average molecular weight is 419 g/mol. The van der Waals surface area contributed by atoms with E-state index < -0.39 is 0 Å². The molecule has 1 heterocycles. The fourth-order valence-electron chi connectivity index (χ4n) is 2.47. The number of phenolic OH excluding ortho intramolecular Hbond substituents is 1. The molecule has 1 aromatic rings. The highest BCUT2D eigenvalue weighted by Crippen LogP contribution is 2.41. The van der Waals surface area contributed by atoms with E-state index in [1.807, 2.05) is 12.1 Å². The lowest BCUT2D eigenvalue weighted by Crippen LogP contribution is -2.45. The second-order valence-corrected chi connectivity index (χ2v) is 5.88. The fraction of sp³-hybridized carbons (Fsp3) is 0.429. The Balaban J connectivity index is 0.00000200. The van der Waals surface area contributed by atoms with E-state index in [4.69, 9.17) is 11.6 Å². The minimum atomic E-state index is 0. The highest BCUT2D eigenvalue weighted by atomic mass is 79.9. The summed E-state index contributed by atoms with van der Waals surface area (Å²) in [5.41, 5.74) is 0.856. The van der Waals surface area contributed by atoms with E-state index in [1.165, 1.54) is 0 Å². The monoisotopic (exact) mass is 416 g/mol. The molecule has 0 aromatic heterocycles. The van der Waals surface area contributed by atoms with Crippen molar-refractivity contribution in [1.82, 2.24) is 10.2 Å². The molecule has 1 saturated heterocycles. The molecule has 0 aliphatic carbocycles. The van der Waals surface area contributed by atoms with Gasteiger partial charge in [0.15, 0.2) is 0 Å². The van der Waals surface area contributed by atoms with Crippen molar-refractivity contribution < 1.29 is 5.11 Å². The van der Waals surface area contributed by atoms with Crippen LogP contribution < -0.4 is 5.32 Å². The van der Waals surface area contributed by atoms with Gasteiger partial charge in [-0.2, -0.15) is 0 Å². The van der Waals surface area contributed by atoms with Gasteiger partial charge in [0.1, 0.15) is 5.75 Å². The van der Waals surface area contributed by atoms with Crippen LogP contribution in [0, 0.1) is 0 Å². The molecule has 2 N–H and O–H groups in total. The van der Waals surface area contributed by atoms with Crippen LogP contribution in [0.5, 0.6) is 5.75 Å². The first-order valence-electron chi connectivity index (χ1n) is 6.37. The number of hydrogen-bond acceptors (Lipinski definition) is 3. The van der Waals surface area contributed by atoms with Gasteiger partial charge in [-0.3, -0.25) is 4.90 Å². The van der Waals surface area contributed by atoms with Gasteiger partial charge >= 0.3 is 0 Å². The molecule has 21 heavy (non-hydrogen) atoms. The Morgan fingerprint density at radius 1 is 1.38 bits per heavy atom. The van der Waals surface area contributed by atoms with Crippen molar-refractivity contribution in [3.63, 3.8) is 0 Å². The van der Waals surface area contributed by atoms with Crippen LogP contribution in [0.25, 0.3) is 0 Å². The predicted octanol–water partition coefficient (Wildman–Crippen LogP) is 4.17. The Kier molecular flexibility index (Phi) is 9.94. The predicted molar refractivity (Wildman–Crippen MR) is 97.3 cm³/mol. The molecule has 1 atom stereocenters. The summed E-state index contributed by atoms with van der Waals surface area (Å²) in [5.74, 6) is 0.168. The molecule has 120 valence electrons. The summed E-state index contributed by atoms with van der Waals surface area (Å²) >= 11 is 9.56. The van der Waals surface area contributed by atoms with Crippen LogP contribution in [0.1, 0.15) is 18.0 Å². The first-order chi connectivity index (χ1) is 9.15. The lowest BCUT2D eigenvalue weighted by atomic mass is 10.00. The number of phenols is 1. The molecule has 3 nitrogen and oxygen atoms in total. The first-order valence-corrected chi connectivity index (χ1v) is 7.54. The quantitative estimate of drug-likeness (QED) is 0.721. The molecule has 1 aliphatic heterocycles. The van der Waals surface area contributed by atoms with Gasteiger partial charge < -0.3 is 10.4 Å². The molecule has 1 aromatic carbocycles. The summed E-state index contributed by atoms with van der Waals surface area (Å²) in [6.45, 7) is 7.67. The summed E-state index contributed by atoms with van der Waals surface area (Å²) in [6, 6.07) is 3.69. The number of rotatable bonds is 4. The Morgan fingerprint density at radius 2 is 2.00 bits per heavy atom. The maximum absolute atomic E-state index is 10.3. The number of nitrogens with one attached hydrogen (secondary N) is 1. The van der Waals surface area contributed by atoms with Crippen LogP contribution in [0.3, 0.4) is 0 Å². The number of hydrogen-bond donors (Lipinski definition) is 2. The zero-order chi connectivity index (χ0) is 13.8. The smallest absolute Gasteiger partial charge is 0.140 e. The highest BCUT2D eigenvalue weighted by molar-refractivity contribution is 9.10. The van der Waals surface area contributed by atoms with Gasteiger partial charge in [0.25, 0.3) is 0 Å². The summed E-state index contributed by atoms with van der Waals surface area (Å²) < 4.78 is 0.889. The molecule has 7 heteroatoms. The van der Waals surface area contributed by atoms with Crippen molar-refractivity contribution in [1.29, 1.82) is 0 Å². The Labute approximate surface area is 151 Å². The summed E-state index contributed by atoms with van der Waals surface area (Å²) in [5, 5.41) is 14.0. The van der Waals surface area contributed by atoms with Crippen LogP contribution in [0.4, 0.5) is 0 Å². The van der Waals surface area contributed by atoms with Crippen LogP contribution >= 0.6 is 52.3 Å². The van der Waals surface area contributed by atoms with Gasteiger partial charge in [0.05, 0.1) is 5.02 Å². The number of benzene rings is 1. The maximum atomic E-state index is 10.3. The highest BCUT2D eigenvalue weighted by Gasteiger charge is 2.26. The maximum Gasteiger partial charge on any atom is 0.140 e. The van der Waals surface area contributed by atoms with Crippen molar-refractivity contribution >= 4 is 52.3 Å². The van der Waals surface area contributed by atoms with Crippen molar-refractivity contribution in [2.24, 2.45) is 0 Å². The minimum absolute atomic E-state index is 0. The van der Waals surface area contributed by atoms with Gasteiger partial charge in [0, 0.05) is 42.3 Å². The van der Waals surface area contributed by atoms with Crippen LogP contribution in [-0.4, -0.2) is 36.2 Å². The van der Waals surface area contributed by atoms with E-state index in [9.17, 15) is 5.11 Å². The summed E-state index contributed by atoms with van der Waals surface area (Å²) in [4.78, 5) is 2.36. The Morgan fingerprint density at radius 3 is 2.57 bits per heavy atom. The van der Waals surface area contributed by atoms with E-state index in [-0.39, 0.29) is 36.6 Å². The van der Waals surface area contributed by atoms with E-state index >= 15 is 0 Å². The fourth-order valence-corrected chi connectivity index (χ4v) is 3.22. The Hall–Kier alpha value is 0.0300. The van der Waals surface area contributed by atoms with Crippen LogP contribution in [-0.2, 0) is 0 Å². The van der Waals surface area contributed by atoms with Gasteiger partial charge in [-0.1, -0.05) is 33.6 Å². The minimum Gasteiger partial charge on any atom is -0.506 e. The zero-order valence-corrected chi connectivity index (χ0v) is 15.5. The second-order valence-electron chi connectivity index (χ2n) is 4.62. The number of aromatic hydroxyl groups is 1. The van der Waals surface area contributed by atoms with Crippen molar-refractivity contribution in [3.8, 4) is 5.75 Å².